The molecule has 2 saturated heterocycles. The van der Waals surface area contributed by atoms with Crippen molar-refractivity contribution in [2.45, 2.75) is 11.3 Å². The molecule has 186 valence electrons. The van der Waals surface area contributed by atoms with E-state index in [0.29, 0.717) is 5.69 Å². The summed E-state index contributed by atoms with van der Waals surface area (Å²) in [6, 6.07) is 0. The molecule has 15 nitrogen and oxygen atoms in total. The lowest BCUT2D eigenvalue weighted by Gasteiger charge is -2.47. The van der Waals surface area contributed by atoms with Gasteiger partial charge in [-0.3, -0.25) is 13.8 Å². The molecule has 0 spiro atoms. The normalized spacial score (nSPS) is 19.7. The number of carbonyl (C=O) groups is 2. The van der Waals surface area contributed by atoms with Crippen molar-refractivity contribution in [3.63, 3.8) is 0 Å². The minimum Gasteiger partial charge on any atom is -0.467 e. The van der Waals surface area contributed by atoms with Gasteiger partial charge in [-0.1, -0.05) is 5.21 Å². The quantitative estimate of drug-likeness (QED) is 0.354. The molecule has 0 saturated carbocycles. The van der Waals surface area contributed by atoms with Crippen LogP contribution in [-0.2, 0) is 52.7 Å². The molecule has 4 heterocycles. The summed E-state index contributed by atoms with van der Waals surface area (Å²) in [5.41, 5.74) is -0.824. The number of esters is 1. The number of hydrogen-bond acceptors (Lipinski definition) is 10. The van der Waals surface area contributed by atoms with Crippen molar-refractivity contribution in [1.29, 1.82) is 0 Å². The summed E-state index contributed by atoms with van der Waals surface area (Å²) in [6.45, 7) is -0.347. The lowest BCUT2D eigenvalue weighted by atomic mass is 9.89. The van der Waals surface area contributed by atoms with Gasteiger partial charge in [-0.2, -0.15) is 17.8 Å². The van der Waals surface area contributed by atoms with Gasteiger partial charge in [0.2, 0.25) is 5.91 Å². The molecule has 0 radical (unpaired) electrons. The molecule has 0 atom stereocenters. The fourth-order valence-corrected chi connectivity index (χ4v) is 6.15. The number of aryl methyl sites for hydroxylation is 1. The van der Waals surface area contributed by atoms with Gasteiger partial charge in [0.05, 0.1) is 56.3 Å². The van der Waals surface area contributed by atoms with E-state index in [9.17, 15) is 26.4 Å². The molecule has 2 aromatic heterocycles. The summed E-state index contributed by atoms with van der Waals surface area (Å²) in [4.78, 5) is 26.7. The van der Waals surface area contributed by atoms with Crippen LogP contribution in [0, 0.1) is 0 Å². The third-order valence-corrected chi connectivity index (χ3v) is 8.40. The minimum atomic E-state index is -3.91. The Balaban J connectivity index is 1.45. The highest BCUT2D eigenvalue weighted by molar-refractivity contribution is 7.90. The summed E-state index contributed by atoms with van der Waals surface area (Å²) in [6.07, 6.45) is 5.38. The number of nitrogens with zero attached hydrogens (tertiary/aromatic N) is 8. The van der Waals surface area contributed by atoms with E-state index in [1.54, 1.807) is 13.2 Å². The molecule has 2 aliphatic heterocycles. The monoisotopic (exact) mass is 516 g/mol. The minimum absolute atomic E-state index is 0.122. The zero-order chi connectivity index (χ0) is 24.9. The van der Waals surface area contributed by atoms with Gasteiger partial charge in [-0.25, -0.2) is 17.9 Å². The Morgan fingerprint density at radius 2 is 1.91 bits per heavy atom. The van der Waals surface area contributed by atoms with Crippen LogP contribution in [0.15, 0.2) is 18.6 Å². The Kier molecular flexibility index (Phi) is 5.89. The van der Waals surface area contributed by atoms with Crippen LogP contribution >= 0.6 is 0 Å². The van der Waals surface area contributed by atoms with Gasteiger partial charge in [0, 0.05) is 32.6 Å². The molecule has 2 aromatic rings. The first-order valence-electron chi connectivity index (χ1n) is 10.1. The van der Waals surface area contributed by atoms with Crippen molar-refractivity contribution >= 4 is 37.6 Å². The number of rotatable bonds is 7. The van der Waals surface area contributed by atoms with Crippen molar-refractivity contribution in [3.05, 3.63) is 24.3 Å². The predicted molar refractivity (Wildman–Crippen MR) is 116 cm³/mol. The molecule has 4 rings (SSSR count). The number of aromatic nitrogens is 5. The number of anilines is 1. The highest BCUT2D eigenvalue weighted by atomic mass is 32.2. The first kappa shape index (κ1) is 24.1. The van der Waals surface area contributed by atoms with Crippen LogP contribution in [0.2, 0.25) is 0 Å². The number of hydrogen-bond donors (Lipinski definition) is 0. The predicted octanol–water partition coefficient (Wildman–Crippen LogP) is -2.67. The third-order valence-electron chi connectivity index (χ3n) is 5.66. The van der Waals surface area contributed by atoms with Crippen molar-refractivity contribution in [3.8, 4) is 0 Å². The standard InChI is InChI=1S/C17H24N8O7S2/c1-21-8-14(6-18-21)24-5-4-23(34(24,30)31)9-15(26)22-11-17(12-22,16(27)32-2)25-7-13(19-20-25)10-33(3,28)29/h6-8H,4-5,9-12H2,1-3H3. The fraction of sp³-hybridized carbons (Fsp3) is 0.588. The smallest absolute Gasteiger partial charge is 0.337 e. The number of ether oxygens (including phenoxy) is 1. The maximum Gasteiger partial charge on any atom is 0.337 e. The number of sulfone groups is 1. The van der Waals surface area contributed by atoms with E-state index >= 15 is 0 Å². The largest absolute Gasteiger partial charge is 0.467 e. The van der Waals surface area contributed by atoms with E-state index in [2.05, 4.69) is 15.4 Å². The van der Waals surface area contributed by atoms with E-state index in [-0.39, 0.29) is 37.6 Å². The van der Waals surface area contributed by atoms with Crippen LogP contribution in [0.1, 0.15) is 5.69 Å². The second kappa shape index (κ2) is 8.31. The highest BCUT2D eigenvalue weighted by Gasteiger charge is 2.55. The van der Waals surface area contributed by atoms with Crippen LogP contribution in [0.3, 0.4) is 0 Å². The molecule has 0 unspecified atom stereocenters. The summed E-state index contributed by atoms with van der Waals surface area (Å²) in [5, 5.41) is 11.7. The zero-order valence-corrected chi connectivity index (χ0v) is 20.4. The van der Waals surface area contributed by atoms with E-state index in [1.807, 2.05) is 0 Å². The average Bonchev–Trinajstić information content (AvgIpc) is 3.40. The first-order valence-corrected chi connectivity index (χ1v) is 13.5. The SMILES string of the molecule is COC(=O)C1(n2cc(CS(C)(=O)=O)nn2)CN(C(=O)CN2CCN(c3cnn(C)c3)S2(=O)=O)C1. The third kappa shape index (κ3) is 4.25. The lowest BCUT2D eigenvalue weighted by molar-refractivity contribution is -0.167. The molecule has 34 heavy (non-hydrogen) atoms. The van der Waals surface area contributed by atoms with Gasteiger partial charge in [0.15, 0.2) is 15.4 Å². The Labute approximate surface area is 195 Å². The van der Waals surface area contributed by atoms with Crippen LogP contribution in [0.5, 0.6) is 0 Å². The van der Waals surface area contributed by atoms with Gasteiger partial charge in [-0.05, 0) is 0 Å². The van der Waals surface area contributed by atoms with Gasteiger partial charge >= 0.3 is 16.2 Å². The van der Waals surface area contributed by atoms with Crippen LogP contribution in [0.4, 0.5) is 5.69 Å². The van der Waals surface area contributed by atoms with Crippen LogP contribution in [-0.4, -0.2) is 109 Å². The lowest BCUT2D eigenvalue weighted by Crippen LogP contribution is -2.69. The topological polar surface area (TPSA) is 170 Å². The van der Waals surface area contributed by atoms with Crippen molar-refractivity contribution in [2.24, 2.45) is 7.05 Å². The molecule has 0 bridgehead atoms. The maximum atomic E-state index is 12.9. The summed E-state index contributed by atoms with van der Waals surface area (Å²) in [5.74, 6) is -1.52. The van der Waals surface area contributed by atoms with Crippen molar-refractivity contribution in [2.75, 3.05) is 50.4 Å². The number of likely N-dealkylation sites (tertiary alicyclic amines) is 1. The molecule has 2 aliphatic rings. The van der Waals surface area contributed by atoms with Crippen molar-refractivity contribution < 1.29 is 31.2 Å². The molecule has 0 aliphatic carbocycles. The second-order valence-corrected chi connectivity index (χ2v) is 12.3. The molecule has 0 aromatic carbocycles. The Bertz CT molecular complexity index is 1330. The Morgan fingerprint density at radius 3 is 2.50 bits per heavy atom. The van der Waals surface area contributed by atoms with Crippen LogP contribution < -0.4 is 4.31 Å². The second-order valence-electron chi connectivity index (χ2n) is 8.28. The Hall–Kier alpha value is -3.05. The molecule has 0 N–H and O–H groups in total. The molecule has 2 fully saturated rings. The van der Waals surface area contributed by atoms with E-state index in [4.69, 9.17) is 4.74 Å². The number of carbonyl (C=O) groups excluding carboxylic acids is 2. The van der Waals surface area contributed by atoms with E-state index in [0.717, 1.165) is 10.6 Å². The summed E-state index contributed by atoms with van der Waals surface area (Å²) < 4.78 is 58.6. The first-order chi connectivity index (χ1) is 15.9. The van der Waals surface area contributed by atoms with Gasteiger partial charge in [-0.15, -0.1) is 5.10 Å². The molecular weight excluding hydrogens is 492 g/mol. The van der Waals surface area contributed by atoms with Crippen molar-refractivity contribution in [1.82, 2.24) is 34.0 Å². The molecular formula is C17H24N8O7S2. The summed E-state index contributed by atoms with van der Waals surface area (Å²) in [7, 11) is -4.41. The number of methoxy groups -OCH3 is 1. The van der Waals surface area contributed by atoms with E-state index in [1.165, 1.54) is 38.1 Å². The zero-order valence-electron chi connectivity index (χ0n) is 18.7. The highest BCUT2D eigenvalue weighted by Crippen LogP contribution is 2.31. The van der Waals surface area contributed by atoms with Gasteiger partial charge in [0.1, 0.15) is 0 Å². The number of amides is 1. The van der Waals surface area contributed by atoms with Gasteiger partial charge < -0.3 is 9.64 Å². The van der Waals surface area contributed by atoms with E-state index < -0.39 is 44.0 Å². The molecule has 1 amide bonds. The Morgan fingerprint density at radius 1 is 1.21 bits per heavy atom. The fourth-order valence-electron chi connectivity index (χ4n) is 3.94. The van der Waals surface area contributed by atoms with Gasteiger partial charge in [0.25, 0.3) is 0 Å². The summed E-state index contributed by atoms with van der Waals surface area (Å²) >= 11 is 0. The maximum absolute atomic E-state index is 12.9. The average molecular weight is 517 g/mol. The van der Waals surface area contributed by atoms with Crippen LogP contribution in [0.25, 0.3) is 0 Å². The molecule has 17 heteroatoms.